The van der Waals surface area contributed by atoms with E-state index in [9.17, 15) is 13.2 Å². The molecule has 150 valence electrons. The molecular formula is C21H26N2O4S. The summed E-state index contributed by atoms with van der Waals surface area (Å²) in [6, 6.07) is 13.7. The molecule has 0 spiro atoms. The van der Waals surface area contributed by atoms with Crippen molar-refractivity contribution in [2.45, 2.75) is 31.6 Å². The zero-order valence-corrected chi connectivity index (χ0v) is 17.0. The summed E-state index contributed by atoms with van der Waals surface area (Å²) in [7, 11) is -3.49. The number of hydrogen-bond acceptors (Lipinski definition) is 4. The van der Waals surface area contributed by atoms with Crippen LogP contribution in [0.15, 0.2) is 53.4 Å². The number of nitrogens with one attached hydrogen (secondary N) is 1. The second kappa shape index (κ2) is 8.75. The van der Waals surface area contributed by atoms with E-state index in [0.717, 1.165) is 18.4 Å². The fourth-order valence-corrected chi connectivity index (χ4v) is 4.87. The molecule has 0 radical (unpaired) electrons. The lowest BCUT2D eigenvalue weighted by molar-refractivity contribution is -0.118. The zero-order valence-electron chi connectivity index (χ0n) is 16.2. The number of anilines is 1. The number of carbonyl (C=O) groups excluding carboxylic acids is 1. The monoisotopic (exact) mass is 402 g/mol. The van der Waals surface area contributed by atoms with Crippen molar-refractivity contribution < 1.29 is 17.9 Å². The Balaban J connectivity index is 1.58. The lowest BCUT2D eigenvalue weighted by atomic mass is 10.0. The highest BCUT2D eigenvalue weighted by molar-refractivity contribution is 7.89. The standard InChI is InChI=1S/C21H26N2O4S/c1-16-5-3-7-19(13-16)27-15-21(24)22-18-8-10-20(11-9-18)28(25,26)23-12-4-6-17(2)14-23/h3,5,7-11,13,17H,4,6,12,14-15H2,1-2H3,(H,22,24)/t17-/m0/s1. The van der Waals surface area contributed by atoms with Crippen LogP contribution in [-0.4, -0.2) is 38.3 Å². The minimum atomic E-state index is -3.49. The van der Waals surface area contributed by atoms with E-state index in [0.29, 0.717) is 30.4 Å². The fourth-order valence-electron chi connectivity index (χ4n) is 3.27. The van der Waals surface area contributed by atoms with Crippen LogP contribution in [0, 0.1) is 12.8 Å². The van der Waals surface area contributed by atoms with Gasteiger partial charge in [-0.15, -0.1) is 0 Å². The Morgan fingerprint density at radius 2 is 1.96 bits per heavy atom. The van der Waals surface area contributed by atoms with Crippen LogP contribution < -0.4 is 10.1 Å². The Morgan fingerprint density at radius 3 is 2.64 bits per heavy atom. The average molecular weight is 403 g/mol. The lowest BCUT2D eigenvalue weighted by Crippen LogP contribution is -2.39. The van der Waals surface area contributed by atoms with Crippen molar-refractivity contribution >= 4 is 21.6 Å². The molecule has 1 N–H and O–H groups in total. The maximum Gasteiger partial charge on any atom is 0.262 e. The first-order chi connectivity index (χ1) is 13.3. The Labute approximate surface area is 166 Å². The van der Waals surface area contributed by atoms with Crippen LogP contribution in [0.5, 0.6) is 5.75 Å². The van der Waals surface area contributed by atoms with Crippen molar-refractivity contribution in [2.75, 3.05) is 25.0 Å². The van der Waals surface area contributed by atoms with Gasteiger partial charge in [-0.2, -0.15) is 4.31 Å². The number of nitrogens with zero attached hydrogens (tertiary/aromatic N) is 1. The molecular weight excluding hydrogens is 376 g/mol. The predicted octanol–water partition coefficient (Wildman–Crippen LogP) is 3.43. The molecule has 2 aromatic rings. The topological polar surface area (TPSA) is 75.7 Å². The Hall–Kier alpha value is -2.38. The van der Waals surface area contributed by atoms with Crippen LogP contribution in [0.25, 0.3) is 0 Å². The highest BCUT2D eigenvalue weighted by Crippen LogP contribution is 2.24. The fraction of sp³-hybridized carbons (Fsp3) is 0.381. The SMILES string of the molecule is Cc1cccc(OCC(=O)Nc2ccc(S(=O)(=O)N3CCC[C@H](C)C3)cc2)c1. The van der Waals surface area contributed by atoms with Crippen LogP contribution >= 0.6 is 0 Å². The van der Waals surface area contributed by atoms with E-state index in [-0.39, 0.29) is 17.4 Å². The van der Waals surface area contributed by atoms with Crippen LogP contribution in [0.2, 0.25) is 0 Å². The van der Waals surface area contributed by atoms with Gasteiger partial charge in [0, 0.05) is 18.8 Å². The normalized spacial score (nSPS) is 17.9. The molecule has 0 aromatic heterocycles. The van der Waals surface area contributed by atoms with Gasteiger partial charge >= 0.3 is 0 Å². The molecule has 1 saturated heterocycles. The van der Waals surface area contributed by atoms with Crippen molar-refractivity contribution in [1.82, 2.24) is 4.31 Å². The molecule has 1 fully saturated rings. The van der Waals surface area contributed by atoms with Crippen molar-refractivity contribution in [2.24, 2.45) is 5.92 Å². The number of amides is 1. The molecule has 1 atom stereocenters. The number of carbonyl (C=O) groups is 1. The molecule has 1 heterocycles. The Kier molecular flexibility index (Phi) is 6.36. The smallest absolute Gasteiger partial charge is 0.262 e. The number of piperidine rings is 1. The molecule has 0 saturated carbocycles. The first-order valence-corrected chi connectivity index (χ1v) is 10.9. The lowest BCUT2D eigenvalue weighted by Gasteiger charge is -2.30. The molecule has 0 unspecified atom stereocenters. The van der Waals surface area contributed by atoms with Crippen LogP contribution in [0.1, 0.15) is 25.3 Å². The molecule has 0 aliphatic carbocycles. The van der Waals surface area contributed by atoms with Crippen molar-refractivity contribution in [3.63, 3.8) is 0 Å². The first kappa shape index (κ1) is 20.4. The highest BCUT2D eigenvalue weighted by Gasteiger charge is 2.28. The highest BCUT2D eigenvalue weighted by atomic mass is 32.2. The van der Waals surface area contributed by atoms with E-state index in [1.165, 1.54) is 12.1 Å². The van der Waals surface area contributed by atoms with Gasteiger partial charge in [0.15, 0.2) is 6.61 Å². The molecule has 7 heteroatoms. The maximum absolute atomic E-state index is 12.8. The molecule has 1 amide bonds. The predicted molar refractivity (Wildman–Crippen MR) is 109 cm³/mol. The van der Waals surface area contributed by atoms with Gasteiger partial charge in [-0.25, -0.2) is 8.42 Å². The zero-order chi connectivity index (χ0) is 20.1. The summed E-state index contributed by atoms with van der Waals surface area (Å²) in [5.74, 6) is 0.699. The quantitative estimate of drug-likeness (QED) is 0.803. The van der Waals surface area contributed by atoms with Gasteiger partial charge < -0.3 is 10.1 Å². The summed E-state index contributed by atoms with van der Waals surface area (Å²) < 4.78 is 32.6. The van der Waals surface area contributed by atoms with Gasteiger partial charge in [0.05, 0.1) is 4.90 Å². The third-order valence-electron chi connectivity index (χ3n) is 4.76. The molecule has 0 bridgehead atoms. The van der Waals surface area contributed by atoms with Gasteiger partial charge in [0.1, 0.15) is 5.75 Å². The molecule has 1 aliphatic heterocycles. The van der Waals surface area contributed by atoms with E-state index in [1.807, 2.05) is 25.1 Å². The largest absolute Gasteiger partial charge is 0.484 e. The number of benzene rings is 2. The van der Waals surface area contributed by atoms with E-state index >= 15 is 0 Å². The molecule has 1 aliphatic rings. The minimum absolute atomic E-state index is 0.116. The molecule has 3 rings (SSSR count). The van der Waals surface area contributed by atoms with E-state index in [2.05, 4.69) is 12.2 Å². The first-order valence-electron chi connectivity index (χ1n) is 9.44. The average Bonchev–Trinajstić information content (AvgIpc) is 2.67. The van der Waals surface area contributed by atoms with E-state index in [4.69, 9.17) is 4.74 Å². The Morgan fingerprint density at radius 1 is 1.21 bits per heavy atom. The number of hydrogen-bond donors (Lipinski definition) is 1. The number of rotatable bonds is 6. The summed E-state index contributed by atoms with van der Waals surface area (Å²) in [6.07, 6.45) is 1.94. The van der Waals surface area contributed by atoms with Gasteiger partial charge in [-0.05, 0) is 67.6 Å². The van der Waals surface area contributed by atoms with Crippen LogP contribution in [0.3, 0.4) is 0 Å². The van der Waals surface area contributed by atoms with Gasteiger partial charge in [-0.3, -0.25) is 4.79 Å². The van der Waals surface area contributed by atoms with Crippen molar-refractivity contribution in [3.05, 3.63) is 54.1 Å². The number of sulfonamides is 1. The third-order valence-corrected chi connectivity index (χ3v) is 6.63. The Bertz CT molecular complexity index is 926. The van der Waals surface area contributed by atoms with E-state index in [1.54, 1.807) is 22.5 Å². The number of ether oxygens (including phenoxy) is 1. The van der Waals surface area contributed by atoms with Crippen molar-refractivity contribution in [1.29, 1.82) is 0 Å². The molecule has 6 nitrogen and oxygen atoms in total. The van der Waals surface area contributed by atoms with Crippen LogP contribution in [-0.2, 0) is 14.8 Å². The van der Waals surface area contributed by atoms with Gasteiger partial charge in [-0.1, -0.05) is 19.1 Å². The summed E-state index contributed by atoms with van der Waals surface area (Å²) >= 11 is 0. The number of aryl methyl sites for hydroxylation is 1. The summed E-state index contributed by atoms with van der Waals surface area (Å²) in [5, 5.41) is 2.72. The summed E-state index contributed by atoms with van der Waals surface area (Å²) in [6.45, 7) is 5.01. The third kappa shape index (κ3) is 5.11. The second-order valence-corrected chi connectivity index (χ2v) is 9.23. The molecule has 28 heavy (non-hydrogen) atoms. The second-order valence-electron chi connectivity index (χ2n) is 7.29. The van der Waals surface area contributed by atoms with Crippen LogP contribution in [0.4, 0.5) is 5.69 Å². The van der Waals surface area contributed by atoms with Gasteiger partial charge in [0.2, 0.25) is 10.0 Å². The van der Waals surface area contributed by atoms with Crippen molar-refractivity contribution in [3.8, 4) is 5.75 Å². The van der Waals surface area contributed by atoms with E-state index < -0.39 is 10.0 Å². The summed E-state index contributed by atoms with van der Waals surface area (Å²) in [5.41, 5.74) is 1.58. The minimum Gasteiger partial charge on any atom is -0.484 e. The summed E-state index contributed by atoms with van der Waals surface area (Å²) in [4.78, 5) is 12.3. The van der Waals surface area contributed by atoms with Gasteiger partial charge in [0.25, 0.3) is 5.91 Å². The maximum atomic E-state index is 12.8. The molecule has 2 aromatic carbocycles.